The van der Waals surface area contributed by atoms with Gasteiger partial charge in [0, 0.05) is 27.4 Å². The van der Waals surface area contributed by atoms with Crippen molar-refractivity contribution in [3.63, 3.8) is 0 Å². The topological polar surface area (TPSA) is 108 Å². The maximum atomic E-state index is 12.2. The molecule has 3 amide bonds. The first-order chi connectivity index (χ1) is 13.4. The van der Waals surface area contributed by atoms with Crippen LogP contribution in [0.3, 0.4) is 0 Å². The molecule has 0 radical (unpaired) electrons. The minimum absolute atomic E-state index is 0.0805. The Balaban J connectivity index is 1.77. The summed E-state index contributed by atoms with van der Waals surface area (Å²) >= 11 is 2.12. The molecule has 0 spiro atoms. The Morgan fingerprint density at radius 1 is 1.14 bits per heavy atom. The number of benzene rings is 2. The lowest BCUT2D eigenvalue weighted by Crippen LogP contribution is -2.37. The van der Waals surface area contributed by atoms with Crippen molar-refractivity contribution in [2.45, 2.75) is 6.54 Å². The van der Waals surface area contributed by atoms with Crippen molar-refractivity contribution >= 4 is 51.6 Å². The van der Waals surface area contributed by atoms with E-state index in [1.165, 1.54) is 6.07 Å². The van der Waals surface area contributed by atoms with Crippen LogP contribution in [0.4, 0.5) is 5.69 Å². The molecule has 28 heavy (non-hydrogen) atoms. The van der Waals surface area contributed by atoms with Gasteiger partial charge in [0.1, 0.15) is 5.75 Å². The van der Waals surface area contributed by atoms with Crippen LogP contribution >= 0.6 is 22.6 Å². The number of aromatic hydroxyl groups is 1. The summed E-state index contributed by atoms with van der Waals surface area (Å²) in [7, 11) is 0. The van der Waals surface area contributed by atoms with Gasteiger partial charge in [0.2, 0.25) is 5.91 Å². The van der Waals surface area contributed by atoms with E-state index in [9.17, 15) is 19.5 Å². The molecule has 0 bridgehead atoms. The molecule has 142 valence electrons. The van der Waals surface area contributed by atoms with Gasteiger partial charge >= 0.3 is 0 Å². The van der Waals surface area contributed by atoms with E-state index in [2.05, 4.69) is 45.1 Å². The second-order valence-corrected chi connectivity index (χ2v) is 7.20. The van der Waals surface area contributed by atoms with Crippen LogP contribution in [-0.2, 0) is 16.1 Å². The lowest BCUT2D eigenvalue weighted by molar-refractivity contribution is -0.115. The van der Waals surface area contributed by atoms with Gasteiger partial charge in [0.25, 0.3) is 11.8 Å². The second kappa shape index (κ2) is 8.26. The molecule has 4 N–H and O–H groups in total. The highest BCUT2D eigenvalue weighted by atomic mass is 127. The zero-order valence-electron chi connectivity index (χ0n) is 14.6. The number of rotatable bonds is 5. The number of phenolic OH excluding ortho intramolecular Hbond substituents is 1. The smallest absolute Gasteiger partial charge is 0.260 e. The molecule has 1 aliphatic heterocycles. The first kappa shape index (κ1) is 19.6. The zero-order chi connectivity index (χ0) is 20.3. The van der Waals surface area contributed by atoms with Gasteiger partial charge < -0.3 is 15.7 Å². The Labute approximate surface area is 174 Å². The minimum atomic E-state index is -0.475. The molecule has 2 aromatic rings. The number of carbonyl (C=O) groups is 3. The molecule has 1 aliphatic rings. The number of anilines is 1. The van der Waals surface area contributed by atoms with Crippen molar-refractivity contribution in [2.24, 2.45) is 0 Å². The van der Waals surface area contributed by atoms with E-state index in [1.807, 2.05) is 0 Å². The molecule has 0 atom stereocenters. The number of nitrogens with one attached hydrogen (secondary N) is 3. The highest BCUT2D eigenvalue weighted by molar-refractivity contribution is 14.1. The van der Waals surface area contributed by atoms with Crippen molar-refractivity contribution in [2.75, 3.05) is 5.32 Å². The third kappa shape index (κ3) is 4.22. The predicted octanol–water partition coefficient (Wildman–Crippen LogP) is 2.52. The van der Waals surface area contributed by atoms with Crippen LogP contribution in [-0.4, -0.2) is 22.8 Å². The van der Waals surface area contributed by atoms with Crippen LogP contribution in [0.15, 0.2) is 55.3 Å². The van der Waals surface area contributed by atoms with E-state index in [1.54, 1.807) is 36.5 Å². The van der Waals surface area contributed by atoms with Gasteiger partial charge in [-0.15, -0.1) is 0 Å². The summed E-state index contributed by atoms with van der Waals surface area (Å²) in [6.07, 6.45) is 2.65. The van der Waals surface area contributed by atoms with Crippen molar-refractivity contribution in [3.8, 4) is 5.75 Å². The molecule has 2 aromatic carbocycles. The van der Waals surface area contributed by atoms with Crippen LogP contribution in [0.1, 0.15) is 21.5 Å². The van der Waals surface area contributed by atoms with E-state index in [4.69, 9.17) is 0 Å². The molecule has 0 saturated carbocycles. The standard InChI is InChI=1S/C20H16IN3O4/c1-2-18(26)23-16-6-3-11(7-17(16)25)9-22-10-15-14-8-12(21)4-5-13(14)19(27)24-20(15)28/h2-8,10,22,25H,1,9H2,(H,23,26)(H,24,27,28)/b15-10-. The fourth-order valence-electron chi connectivity index (χ4n) is 2.69. The molecule has 8 heteroatoms. The van der Waals surface area contributed by atoms with Crippen molar-refractivity contribution < 1.29 is 19.5 Å². The maximum Gasteiger partial charge on any atom is 0.260 e. The molecular formula is C20H16IN3O4. The number of amides is 3. The van der Waals surface area contributed by atoms with Gasteiger partial charge in [-0.25, -0.2) is 0 Å². The van der Waals surface area contributed by atoms with Gasteiger partial charge in [-0.05, 0) is 64.6 Å². The normalized spacial score (nSPS) is 14.2. The Kier molecular flexibility index (Phi) is 5.78. The van der Waals surface area contributed by atoms with Crippen molar-refractivity contribution in [1.82, 2.24) is 10.6 Å². The van der Waals surface area contributed by atoms with Gasteiger partial charge in [-0.2, -0.15) is 0 Å². The Morgan fingerprint density at radius 3 is 2.64 bits per heavy atom. The molecule has 0 aromatic heterocycles. The van der Waals surface area contributed by atoms with Crippen molar-refractivity contribution in [1.29, 1.82) is 0 Å². The SMILES string of the molecule is C=CC(=O)Nc1ccc(CN/C=C2\C(=O)NC(=O)c3ccc(I)cc32)cc1O. The molecular weight excluding hydrogens is 473 g/mol. The largest absolute Gasteiger partial charge is 0.506 e. The first-order valence-electron chi connectivity index (χ1n) is 8.23. The number of imide groups is 1. The molecule has 0 unspecified atom stereocenters. The molecule has 1 heterocycles. The van der Waals surface area contributed by atoms with E-state index < -0.39 is 17.7 Å². The lowest BCUT2D eigenvalue weighted by atomic mass is 9.95. The summed E-state index contributed by atoms with van der Waals surface area (Å²) in [5, 5.41) is 17.9. The molecule has 0 saturated heterocycles. The van der Waals surface area contributed by atoms with E-state index in [-0.39, 0.29) is 11.4 Å². The van der Waals surface area contributed by atoms with Crippen LogP contribution < -0.4 is 16.0 Å². The van der Waals surface area contributed by atoms with Crippen LogP contribution in [0.5, 0.6) is 5.75 Å². The average Bonchev–Trinajstić information content (AvgIpc) is 2.66. The molecule has 7 nitrogen and oxygen atoms in total. The monoisotopic (exact) mass is 489 g/mol. The third-order valence-electron chi connectivity index (χ3n) is 4.05. The predicted molar refractivity (Wildman–Crippen MR) is 113 cm³/mol. The fraction of sp³-hybridized carbons (Fsp3) is 0.0500. The third-order valence-corrected chi connectivity index (χ3v) is 4.72. The number of hydrogen-bond donors (Lipinski definition) is 4. The zero-order valence-corrected chi connectivity index (χ0v) is 16.7. The quantitative estimate of drug-likeness (QED) is 0.224. The summed E-state index contributed by atoms with van der Waals surface area (Å²) in [5.74, 6) is -1.40. The number of fused-ring (bicyclic) bond motifs is 1. The summed E-state index contributed by atoms with van der Waals surface area (Å²) < 4.78 is 0.909. The van der Waals surface area contributed by atoms with Gasteiger partial charge in [-0.1, -0.05) is 12.6 Å². The van der Waals surface area contributed by atoms with Gasteiger partial charge in [0.05, 0.1) is 11.3 Å². The van der Waals surface area contributed by atoms with Crippen LogP contribution in [0.25, 0.3) is 5.57 Å². The Hall–Kier alpha value is -3.14. The summed E-state index contributed by atoms with van der Waals surface area (Å²) in [6, 6.07) is 10.1. The fourth-order valence-corrected chi connectivity index (χ4v) is 3.18. The summed E-state index contributed by atoms with van der Waals surface area (Å²) in [4.78, 5) is 35.5. The number of halogens is 1. The van der Waals surface area contributed by atoms with Crippen LogP contribution in [0.2, 0.25) is 0 Å². The first-order valence-corrected chi connectivity index (χ1v) is 9.31. The number of phenols is 1. The Bertz CT molecular complexity index is 1030. The average molecular weight is 489 g/mol. The highest BCUT2D eigenvalue weighted by Crippen LogP contribution is 2.26. The molecule has 0 fully saturated rings. The van der Waals surface area contributed by atoms with Gasteiger partial charge in [-0.3, -0.25) is 19.7 Å². The highest BCUT2D eigenvalue weighted by Gasteiger charge is 2.27. The van der Waals surface area contributed by atoms with E-state index >= 15 is 0 Å². The number of carbonyl (C=O) groups excluding carboxylic acids is 3. The summed E-state index contributed by atoms with van der Waals surface area (Å²) in [5.41, 5.74) is 2.38. The van der Waals surface area contributed by atoms with Crippen molar-refractivity contribution in [3.05, 3.63) is 75.5 Å². The summed E-state index contributed by atoms with van der Waals surface area (Å²) in [6.45, 7) is 3.68. The maximum absolute atomic E-state index is 12.2. The van der Waals surface area contributed by atoms with E-state index in [0.29, 0.717) is 23.2 Å². The van der Waals surface area contributed by atoms with Crippen LogP contribution in [0, 0.1) is 3.57 Å². The lowest BCUT2D eigenvalue weighted by Gasteiger charge is -2.18. The second-order valence-electron chi connectivity index (χ2n) is 5.96. The van der Waals surface area contributed by atoms with Gasteiger partial charge in [0.15, 0.2) is 0 Å². The Morgan fingerprint density at radius 2 is 1.93 bits per heavy atom. The molecule has 0 aliphatic carbocycles. The molecule has 3 rings (SSSR count). The van der Waals surface area contributed by atoms with E-state index in [0.717, 1.165) is 15.2 Å². The minimum Gasteiger partial charge on any atom is -0.506 e. The number of hydrogen-bond acceptors (Lipinski definition) is 5.